The molecule has 1 unspecified atom stereocenters. The Labute approximate surface area is 109 Å². The van der Waals surface area contributed by atoms with Crippen LogP contribution in [0, 0.1) is 0 Å². The van der Waals surface area contributed by atoms with Gasteiger partial charge in [0, 0.05) is 26.2 Å². The summed E-state index contributed by atoms with van der Waals surface area (Å²) in [5.74, 6) is 0.0912. The fraction of sp³-hybridized carbons (Fsp3) is 0.583. The second-order valence-corrected chi connectivity index (χ2v) is 3.78. The molecule has 17 heavy (non-hydrogen) atoms. The van der Waals surface area contributed by atoms with Crippen LogP contribution in [0.25, 0.3) is 0 Å². The molecule has 1 aliphatic rings. The fourth-order valence-electron chi connectivity index (χ4n) is 1.66. The predicted octanol–water partition coefficient (Wildman–Crippen LogP) is 0.987. The van der Waals surface area contributed by atoms with E-state index in [1.54, 1.807) is 17.1 Å². The Morgan fingerprint density at radius 1 is 1.41 bits per heavy atom. The molecule has 0 radical (unpaired) electrons. The summed E-state index contributed by atoms with van der Waals surface area (Å²) in [7, 11) is 0. The maximum atomic E-state index is 11.9. The molecule has 98 valence electrons. The molecule has 1 fully saturated rings. The zero-order chi connectivity index (χ0) is 11.8. The molecule has 5 heteroatoms. The Balaban J connectivity index is 0.00000256. The number of rotatable bonds is 6. The van der Waals surface area contributed by atoms with Crippen molar-refractivity contribution in [3.63, 3.8) is 0 Å². The first-order valence-electron chi connectivity index (χ1n) is 5.59. The van der Waals surface area contributed by atoms with E-state index in [1.165, 1.54) is 0 Å². The van der Waals surface area contributed by atoms with Gasteiger partial charge in [0.2, 0.25) is 5.91 Å². The molecule has 1 atom stereocenters. The smallest absolute Gasteiger partial charge is 0.225 e. The van der Waals surface area contributed by atoms with Gasteiger partial charge in [-0.15, -0.1) is 25.6 Å². The molecular formula is C12H21ClN2O2. The van der Waals surface area contributed by atoms with Crippen LogP contribution < -0.4 is 5.32 Å². The Bertz CT molecular complexity index is 243. The fourth-order valence-corrected chi connectivity index (χ4v) is 1.66. The lowest BCUT2D eigenvalue weighted by Gasteiger charge is -2.26. The standard InChI is InChI=1S/C12H20N2O2.ClH/c1-3-6-14(7-4-2)12(15)9-11-10-13-5-8-16-11;/h3-4,11,13H,1-2,5-10H2;1H. The molecule has 1 heterocycles. The van der Waals surface area contributed by atoms with Crippen molar-refractivity contribution in [3.05, 3.63) is 25.3 Å². The number of ether oxygens (including phenoxy) is 1. The van der Waals surface area contributed by atoms with Crippen molar-refractivity contribution in [1.29, 1.82) is 0 Å². The monoisotopic (exact) mass is 260 g/mol. The van der Waals surface area contributed by atoms with E-state index in [9.17, 15) is 4.79 Å². The van der Waals surface area contributed by atoms with E-state index in [0.29, 0.717) is 26.1 Å². The average molecular weight is 261 g/mol. The molecule has 1 rings (SSSR count). The first kappa shape index (κ1) is 16.2. The van der Waals surface area contributed by atoms with Crippen molar-refractivity contribution in [1.82, 2.24) is 10.2 Å². The molecule has 1 saturated heterocycles. The van der Waals surface area contributed by atoms with Crippen molar-refractivity contribution in [2.45, 2.75) is 12.5 Å². The molecule has 0 saturated carbocycles. The lowest BCUT2D eigenvalue weighted by Crippen LogP contribution is -2.42. The van der Waals surface area contributed by atoms with Gasteiger partial charge < -0.3 is 15.0 Å². The van der Waals surface area contributed by atoms with E-state index < -0.39 is 0 Å². The van der Waals surface area contributed by atoms with Crippen molar-refractivity contribution < 1.29 is 9.53 Å². The number of morpholine rings is 1. The Hall–Kier alpha value is -0.840. The lowest BCUT2D eigenvalue weighted by atomic mass is 10.2. The van der Waals surface area contributed by atoms with Gasteiger partial charge in [-0.3, -0.25) is 4.79 Å². The largest absolute Gasteiger partial charge is 0.375 e. The van der Waals surface area contributed by atoms with Crippen LogP contribution in [-0.2, 0) is 9.53 Å². The number of carbonyl (C=O) groups is 1. The van der Waals surface area contributed by atoms with Gasteiger partial charge in [-0.25, -0.2) is 0 Å². The van der Waals surface area contributed by atoms with E-state index >= 15 is 0 Å². The van der Waals surface area contributed by atoms with Crippen LogP contribution in [-0.4, -0.2) is 49.7 Å². The third-order valence-corrected chi connectivity index (χ3v) is 2.46. The van der Waals surface area contributed by atoms with E-state index in [4.69, 9.17) is 4.74 Å². The van der Waals surface area contributed by atoms with Crippen molar-refractivity contribution in [3.8, 4) is 0 Å². The zero-order valence-corrected chi connectivity index (χ0v) is 10.9. The van der Waals surface area contributed by atoms with Gasteiger partial charge in [0.05, 0.1) is 19.1 Å². The average Bonchev–Trinajstić information content (AvgIpc) is 2.30. The molecule has 1 aliphatic heterocycles. The highest BCUT2D eigenvalue weighted by Crippen LogP contribution is 2.05. The first-order chi connectivity index (χ1) is 7.77. The van der Waals surface area contributed by atoms with Crippen molar-refractivity contribution >= 4 is 18.3 Å². The quantitative estimate of drug-likeness (QED) is 0.724. The van der Waals surface area contributed by atoms with Crippen LogP contribution in [0.1, 0.15) is 6.42 Å². The topological polar surface area (TPSA) is 41.6 Å². The van der Waals surface area contributed by atoms with Crippen molar-refractivity contribution in [2.75, 3.05) is 32.8 Å². The van der Waals surface area contributed by atoms with E-state index in [-0.39, 0.29) is 24.4 Å². The summed E-state index contributed by atoms with van der Waals surface area (Å²) >= 11 is 0. The van der Waals surface area contributed by atoms with Crippen LogP contribution in [0.3, 0.4) is 0 Å². The van der Waals surface area contributed by atoms with Crippen LogP contribution >= 0.6 is 12.4 Å². The van der Waals surface area contributed by atoms with Crippen LogP contribution in [0.15, 0.2) is 25.3 Å². The molecule has 1 amide bonds. The molecule has 0 aromatic rings. The molecule has 0 aromatic heterocycles. The van der Waals surface area contributed by atoms with Crippen LogP contribution in [0.2, 0.25) is 0 Å². The van der Waals surface area contributed by atoms with Gasteiger partial charge in [0.15, 0.2) is 0 Å². The third kappa shape index (κ3) is 5.86. The number of amides is 1. The van der Waals surface area contributed by atoms with Crippen LogP contribution in [0.5, 0.6) is 0 Å². The number of hydrogen-bond donors (Lipinski definition) is 1. The lowest BCUT2D eigenvalue weighted by molar-refractivity contribution is -0.133. The number of nitrogens with one attached hydrogen (secondary N) is 1. The second kappa shape index (κ2) is 9.22. The van der Waals surface area contributed by atoms with Gasteiger partial charge in [-0.05, 0) is 0 Å². The highest BCUT2D eigenvalue weighted by molar-refractivity contribution is 5.85. The maximum absolute atomic E-state index is 11.9. The molecule has 4 nitrogen and oxygen atoms in total. The number of nitrogens with zero attached hydrogens (tertiary/aromatic N) is 1. The van der Waals surface area contributed by atoms with Crippen molar-refractivity contribution in [2.24, 2.45) is 0 Å². The SMILES string of the molecule is C=CCN(CC=C)C(=O)CC1CNCCO1.Cl. The van der Waals surface area contributed by atoms with Gasteiger partial charge in [0.1, 0.15) is 0 Å². The molecule has 0 bridgehead atoms. The first-order valence-corrected chi connectivity index (χ1v) is 5.59. The minimum Gasteiger partial charge on any atom is -0.375 e. The highest BCUT2D eigenvalue weighted by atomic mass is 35.5. The van der Waals surface area contributed by atoms with E-state index in [0.717, 1.165) is 13.1 Å². The highest BCUT2D eigenvalue weighted by Gasteiger charge is 2.20. The minimum atomic E-state index is -0.00150. The summed E-state index contributed by atoms with van der Waals surface area (Å²) in [4.78, 5) is 13.6. The summed E-state index contributed by atoms with van der Waals surface area (Å²) < 4.78 is 5.49. The summed E-state index contributed by atoms with van der Waals surface area (Å²) in [5.41, 5.74) is 0. The summed E-state index contributed by atoms with van der Waals surface area (Å²) in [6.07, 6.45) is 3.87. The van der Waals surface area contributed by atoms with Gasteiger partial charge in [-0.2, -0.15) is 0 Å². The number of hydrogen-bond acceptors (Lipinski definition) is 3. The van der Waals surface area contributed by atoms with Gasteiger partial charge >= 0.3 is 0 Å². The third-order valence-electron chi connectivity index (χ3n) is 2.46. The normalized spacial score (nSPS) is 18.9. The summed E-state index contributed by atoms with van der Waals surface area (Å²) in [5, 5.41) is 3.21. The predicted molar refractivity (Wildman–Crippen MR) is 71.4 cm³/mol. The van der Waals surface area contributed by atoms with Gasteiger partial charge in [0.25, 0.3) is 0 Å². The Kier molecular flexibility index (Phi) is 8.76. The second-order valence-electron chi connectivity index (χ2n) is 3.78. The molecule has 0 spiro atoms. The Morgan fingerprint density at radius 3 is 2.53 bits per heavy atom. The Morgan fingerprint density at radius 2 is 2.06 bits per heavy atom. The van der Waals surface area contributed by atoms with E-state index in [1.807, 2.05) is 0 Å². The molecule has 0 aromatic carbocycles. The summed E-state index contributed by atoms with van der Waals surface area (Å²) in [6, 6.07) is 0. The number of carbonyl (C=O) groups excluding carboxylic acids is 1. The maximum Gasteiger partial charge on any atom is 0.225 e. The number of halogens is 1. The van der Waals surface area contributed by atoms with E-state index in [2.05, 4.69) is 18.5 Å². The molecular weight excluding hydrogens is 240 g/mol. The van der Waals surface area contributed by atoms with Crippen LogP contribution in [0.4, 0.5) is 0 Å². The zero-order valence-electron chi connectivity index (χ0n) is 10.1. The molecule has 0 aliphatic carbocycles. The van der Waals surface area contributed by atoms with Gasteiger partial charge in [-0.1, -0.05) is 12.2 Å². The minimum absolute atomic E-state index is 0. The summed E-state index contributed by atoms with van der Waals surface area (Å²) in [6.45, 7) is 10.7. The molecule has 1 N–H and O–H groups in total.